The topological polar surface area (TPSA) is 50.6 Å². The number of nitrogens with zero attached hydrogens (tertiary/aromatic N) is 4. The number of piperazine rings is 1. The molecule has 0 aliphatic carbocycles. The second-order valence-electron chi connectivity index (χ2n) is 7.73. The van der Waals surface area contributed by atoms with Gasteiger partial charge in [-0.2, -0.15) is 5.10 Å². The molecule has 30 heavy (non-hydrogen) atoms. The highest BCUT2D eigenvalue weighted by Crippen LogP contribution is 2.28. The van der Waals surface area contributed by atoms with Gasteiger partial charge in [0, 0.05) is 37.4 Å². The molecule has 156 valence electrons. The van der Waals surface area contributed by atoms with Gasteiger partial charge < -0.3 is 14.5 Å². The molecule has 0 unspecified atom stereocenters. The zero-order valence-corrected chi connectivity index (χ0v) is 17.8. The van der Waals surface area contributed by atoms with E-state index in [-0.39, 0.29) is 5.91 Å². The second-order valence-corrected chi connectivity index (χ2v) is 7.73. The van der Waals surface area contributed by atoms with Gasteiger partial charge in [-0.3, -0.25) is 9.48 Å². The van der Waals surface area contributed by atoms with Gasteiger partial charge in [0.1, 0.15) is 5.75 Å². The summed E-state index contributed by atoms with van der Waals surface area (Å²) in [7, 11) is 1.69. The van der Waals surface area contributed by atoms with E-state index in [2.05, 4.69) is 29.1 Å². The first-order valence-corrected chi connectivity index (χ1v) is 10.3. The van der Waals surface area contributed by atoms with Gasteiger partial charge in [-0.1, -0.05) is 24.3 Å². The number of hydrogen-bond donors (Lipinski definition) is 0. The third-order valence-electron chi connectivity index (χ3n) is 5.63. The lowest BCUT2D eigenvalue weighted by Crippen LogP contribution is -2.48. The van der Waals surface area contributed by atoms with Gasteiger partial charge in [0.15, 0.2) is 0 Å². The molecule has 0 N–H and O–H groups in total. The van der Waals surface area contributed by atoms with Crippen LogP contribution in [-0.4, -0.2) is 53.9 Å². The van der Waals surface area contributed by atoms with Crippen molar-refractivity contribution in [2.24, 2.45) is 0 Å². The Bertz CT molecular complexity index is 1020. The molecule has 0 atom stereocenters. The molecular formula is C24H28N4O2. The van der Waals surface area contributed by atoms with E-state index in [0.717, 1.165) is 47.0 Å². The van der Waals surface area contributed by atoms with E-state index < -0.39 is 0 Å². The van der Waals surface area contributed by atoms with Crippen molar-refractivity contribution in [3.63, 3.8) is 0 Å². The summed E-state index contributed by atoms with van der Waals surface area (Å²) in [6, 6.07) is 18.0. The number of anilines is 1. The first kappa shape index (κ1) is 20.0. The molecule has 6 nitrogen and oxygen atoms in total. The molecule has 0 saturated carbocycles. The molecule has 2 aromatic carbocycles. The van der Waals surface area contributed by atoms with E-state index in [0.29, 0.717) is 19.6 Å². The summed E-state index contributed by atoms with van der Waals surface area (Å²) in [5.41, 5.74) is 5.12. The van der Waals surface area contributed by atoms with Gasteiger partial charge in [-0.05, 0) is 49.7 Å². The van der Waals surface area contributed by atoms with Crippen LogP contribution in [0.15, 0.2) is 54.6 Å². The van der Waals surface area contributed by atoms with Crippen LogP contribution in [0.2, 0.25) is 0 Å². The zero-order valence-electron chi connectivity index (χ0n) is 17.8. The van der Waals surface area contributed by atoms with Crippen LogP contribution < -0.4 is 9.64 Å². The van der Waals surface area contributed by atoms with Crippen LogP contribution in [0, 0.1) is 13.8 Å². The van der Waals surface area contributed by atoms with Gasteiger partial charge in [0.2, 0.25) is 0 Å². The number of benzene rings is 2. The van der Waals surface area contributed by atoms with Gasteiger partial charge in [-0.25, -0.2) is 0 Å². The number of ether oxygens (including phenoxy) is 1. The Morgan fingerprint density at radius 2 is 1.70 bits per heavy atom. The van der Waals surface area contributed by atoms with Crippen LogP contribution in [-0.2, 0) is 6.54 Å². The van der Waals surface area contributed by atoms with Gasteiger partial charge >= 0.3 is 0 Å². The third kappa shape index (κ3) is 4.17. The minimum atomic E-state index is 0.0901. The van der Waals surface area contributed by atoms with Gasteiger partial charge in [-0.15, -0.1) is 0 Å². The molecule has 1 saturated heterocycles. The van der Waals surface area contributed by atoms with Crippen molar-refractivity contribution in [1.29, 1.82) is 0 Å². The van der Waals surface area contributed by atoms with Crippen LogP contribution in [0.3, 0.4) is 0 Å². The zero-order chi connectivity index (χ0) is 21.1. The number of hydrogen-bond acceptors (Lipinski definition) is 4. The predicted octanol–water partition coefficient (Wildman–Crippen LogP) is 3.52. The monoisotopic (exact) mass is 404 g/mol. The van der Waals surface area contributed by atoms with Crippen LogP contribution in [0.4, 0.5) is 5.69 Å². The molecule has 1 fully saturated rings. The molecule has 0 spiro atoms. The highest BCUT2D eigenvalue weighted by atomic mass is 16.5. The van der Waals surface area contributed by atoms with Gasteiger partial charge in [0.25, 0.3) is 5.91 Å². The number of methoxy groups -OCH3 is 1. The normalized spacial score (nSPS) is 14.1. The molecule has 0 radical (unpaired) electrons. The second kappa shape index (κ2) is 8.61. The average Bonchev–Trinajstić information content (AvgIpc) is 3.10. The van der Waals surface area contributed by atoms with Crippen molar-refractivity contribution in [2.75, 3.05) is 38.2 Å². The molecule has 3 aromatic rings. The molecule has 1 aromatic heterocycles. The highest BCUT2D eigenvalue weighted by Gasteiger charge is 2.23. The first-order valence-electron chi connectivity index (χ1n) is 10.3. The summed E-state index contributed by atoms with van der Waals surface area (Å²) in [6.07, 6.45) is 0. The summed E-state index contributed by atoms with van der Waals surface area (Å²) >= 11 is 0. The summed E-state index contributed by atoms with van der Waals surface area (Å²) in [5.74, 6) is 0.961. The predicted molar refractivity (Wildman–Crippen MR) is 118 cm³/mol. The minimum absolute atomic E-state index is 0.0901. The standard InChI is InChI=1S/C24H28N4O2/c1-18-16-19(2)28(25-18)17-20-8-10-21(11-9-20)24(29)27-14-12-26(13-15-27)22-6-4-5-7-23(22)30-3/h4-11,16H,12-15,17H2,1-3H3. The summed E-state index contributed by atoms with van der Waals surface area (Å²) < 4.78 is 7.47. The average molecular weight is 405 g/mol. The quantitative estimate of drug-likeness (QED) is 0.653. The highest BCUT2D eigenvalue weighted by molar-refractivity contribution is 5.94. The number of carbonyl (C=O) groups excluding carboxylic acids is 1. The maximum Gasteiger partial charge on any atom is 0.253 e. The Morgan fingerprint density at radius 3 is 2.33 bits per heavy atom. The van der Waals surface area contributed by atoms with Crippen molar-refractivity contribution in [2.45, 2.75) is 20.4 Å². The van der Waals surface area contributed by atoms with Crippen molar-refractivity contribution in [3.8, 4) is 5.75 Å². The van der Waals surface area contributed by atoms with E-state index in [4.69, 9.17) is 4.74 Å². The Hall–Kier alpha value is -3.28. The number of para-hydroxylation sites is 2. The Balaban J connectivity index is 1.38. The summed E-state index contributed by atoms with van der Waals surface area (Å²) in [4.78, 5) is 17.2. The molecule has 6 heteroatoms. The molecule has 1 aliphatic heterocycles. The fraction of sp³-hybridized carbons (Fsp3) is 0.333. The fourth-order valence-electron chi connectivity index (χ4n) is 3.98. The van der Waals surface area contributed by atoms with E-state index in [1.54, 1.807) is 7.11 Å². The van der Waals surface area contributed by atoms with Crippen LogP contribution >= 0.6 is 0 Å². The largest absolute Gasteiger partial charge is 0.495 e. The van der Waals surface area contributed by atoms with Crippen molar-refractivity contribution >= 4 is 11.6 Å². The number of carbonyl (C=O) groups is 1. The van der Waals surface area contributed by atoms with Crippen molar-refractivity contribution < 1.29 is 9.53 Å². The molecule has 1 aliphatic rings. The Labute approximate surface area is 177 Å². The lowest BCUT2D eigenvalue weighted by molar-refractivity contribution is 0.0746. The van der Waals surface area contributed by atoms with E-state index in [9.17, 15) is 4.79 Å². The minimum Gasteiger partial charge on any atom is -0.495 e. The lowest BCUT2D eigenvalue weighted by atomic mass is 10.1. The smallest absolute Gasteiger partial charge is 0.253 e. The van der Waals surface area contributed by atoms with Gasteiger partial charge in [0.05, 0.1) is 25.0 Å². The maximum atomic E-state index is 13.0. The van der Waals surface area contributed by atoms with E-state index in [1.165, 1.54) is 0 Å². The fourth-order valence-corrected chi connectivity index (χ4v) is 3.98. The number of rotatable bonds is 5. The molecule has 1 amide bonds. The Kier molecular flexibility index (Phi) is 5.74. The SMILES string of the molecule is COc1ccccc1N1CCN(C(=O)c2ccc(Cn3nc(C)cc3C)cc2)CC1. The molecule has 0 bridgehead atoms. The first-order chi connectivity index (χ1) is 14.5. The van der Waals surface area contributed by atoms with Crippen molar-refractivity contribution in [1.82, 2.24) is 14.7 Å². The molecular weight excluding hydrogens is 376 g/mol. The van der Waals surface area contributed by atoms with Crippen LogP contribution in [0.5, 0.6) is 5.75 Å². The summed E-state index contributed by atoms with van der Waals surface area (Å²) in [6.45, 7) is 7.76. The van der Waals surface area contributed by atoms with Crippen LogP contribution in [0.1, 0.15) is 27.3 Å². The van der Waals surface area contributed by atoms with E-state index >= 15 is 0 Å². The maximum absolute atomic E-state index is 13.0. The third-order valence-corrected chi connectivity index (χ3v) is 5.63. The molecule has 2 heterocycles. The number of amides is 1. The Morgan fingerprint density at radius 1 is 1.00 bits per heavy atom. The van der Waals surface area contributed by atoms with Crippen molar-refractivity contribution in [3.05, 3.63) is 77.1 Å². The van der Waals surface area contributed by atoms with Crippen LogP contribution in [0.25, 0.3) is 0 Å². The summed E-state index contributed by atoms with van der Waals surface area (Å²) in [5, 5.41) is 4.51. The molecule has 4 rings (SSSR count). The lowest BCUT2D eigenvalue weighted by Gasteiger charge is -2.36. The van der Waals surface area contributed by atoms with E-state index in [1.807, 2.05) is 59.0 Å². The number of aryl methyl sites for hydroxylation is 2. The number of aromatic nitrogens is 2.